The van der Waals surface area contributed by atoms with Crippen molar-refractivity contribution in [2.45, 2.75) is 45.1 Å². The molecule has 1 atom stereocenters. The molecule has 23 heavy (non-hydrogen) atoms. The average Bonchev–Trinajstić information content (AvgIpc) is 2.50. The van der Waals surface area contributed by atoms with Crippen LogP contribution in [0.1, 0.15) is 38.2 Å². The van der Waals surface area contributed by atoms with E-state index in [4.69, 9.17) is 28.3 Å². The van der Waals surface area contributed by atoms with E-state index in [1.54, 1.807) is 12.1 Å². The Bertz CT molecular complexity index is 583. The molecule has 0 aliphatic heterocycles. The van der Waals surface area contributed by atoms with Crippen molar-refractivity contribution in [3.05, 3.63) is 33.8 Å². The molecule has 0 radical (unpaired) electrons. The SMILES string of the molecule is CC(Cc1ccc(Cl)cc1Cl)C(=O)NC1CCC(C(=O)O)CC1. The largest absolute Gasteiger partial charge is 0.481 e. The van der Waals surface area contributed by atoms with E-state index < -0.39 is 5.97 Å². The van der Waals surface area contributed by atoms with Gasteiger partial charge in [0.15, 0.2) is 0 Å². The van der Waals surface area contributed by atoms with Gasteiger partial charge in [-0.3, -0.25) is 9.59 Å². The third kappa shape index (κ3) is 5.11. The lowest BCUT2D eigenvalue weighted by molar-refractivity contribution is -0.142. The molecule has 1 aromatic carbocycles. The van der Waals surface area contributed by atoms with E-state index >= 15 is 0 Å². The number of benzene rings is 1. The summed E-state index contributed by atoms with van der Waals surface area (Å²) in [4.78, 5) is 23.3. The fourth-order valence-electron chi connectivity index (χ4n) is 2.94. The fourth-order valence-corrected chi connectivity index (χ4v) is 3.42. The van der Waals surface area contributed by atoms with Gasteiger partial charge in [0.1, 0.15) is 0 Å². The first-order valence-electron chi connectivity index (χ1n) is 7.84. The van der Waals surface area contributed by atoms with Crippen LogP contribution in [-0.4, -0.2) is 23.0 Å². The molecule has 0 heterocycles. The first-order chi connectivity index (χ1) is 10.9. The zero-order valence-corrected chi connectivity index (χ0v) is 14.5. The van der Waals surface area contributed by atoms with Crippen molar-refractivity contribution in [3.63, 3.8) is 0 Å². The van der Waals surface area contributed by atoms with Crippen molar-refractivity contribution >= 4 is 35.1 Å². The number of hydrogen-bond acceptors (Lipinski definition) is 2. The van der Waals surface area contributed by atoms with Crippen LogP contribution in [-0.2, 0) is 16.0 Å². The number of hydrogen-bond donors (Lipinski definition) is 2. The zero-order valence-electron chi connectivity index (χ0n) is 13.0. The van der Waals surface area contributed by atoms with Crippen LogP contribution in [0, 0.1) is 11.8 Å². The Morgan fingerprint density at radius 2 is 1.91 bits per heavy atom. The summed E-state index contributed by atoms with van der Waals surface area (Å²) in [5.41, 5.74) is 0.897. The molecular weight excluding hydrogens is 337 g/mol. The van der Waals surface area contributed by atoms with Gasteiger partial charge in [0.05, 0.1) is 5.92 Å². The summed E-state index contributed by atoms with van der Waals surface area (Å²) in [6.07, 6.45) is 3.23. The van der Waals surface area contributed by atoms with Crippen LogP contribution < -0.4 is 5.32 Å². The second kappa shape index (κ2) is 8.02. The van der Waals surface area contributed by atoms with Crippen molar-refractivity contribution in [1.29, 1.82) is 0 Å². The van der Waals surface area contributed by atoms with Gasteiger partial charge in [-0.05, 0) is 49.8 Å². The molecule has 0 saturated heterocycles. The van der Waals surface area contributed by atoms with Crippen LogP contribution in [0.5, 0.6) is 0 Å². The highest BCUT2D eigenvalue weighted by atomic mass is 35.5. The normalized spacial score (nSPS) is 22.4. The van der Waals surface area contributed by atoms with Crippen LogP contribution in [0.3, 0.4) is 0 Å². The maximum Gasteiger partial charge on any atom is 0.306 e. The molecule has 2 rings (SSSR count). The fraction of sp³-hybridized carbons (Fsp3) is 0.529. The first-order valence-corrected chi connectivity index (χ1v) is 8.59. The third-order valence-corrected chi connectivity index (χ3v) is 5.00. The lowest BCUT2D eigenvalue weighted by Crippen LogP contribution is -2.41. The van der Waals surface area contributed by atoms with Gasteiger partial charge in [0.2, 0.25) is 5.91 Å². The maximum absolute atomic E-state index is 12.3. The molecule has 1 unspecified atom stereocenters. The number of carbonyl (C=O) groups excluding carboxylic acids is 1. The molecule has 0 aromatic heterocycles. The predicted molar refractivity (Wildman–Crippen MR) is 90.9 cm³/mol. The average molecular weight is 358 g/mol. The highest BCUT2D eigenvalue weighted by Crippen LogP contribution is 2.26. The van der Waals surface area contributed by atoms with E-state index in [1.165, 1.54) is 0 Å². The summed E-state index contributed by atoms with van der Waals surface area (Å²) in [5, 5.41) is 13.2. The number of carboxylic acids is 1. The van der Waals surface area contributed by atoms with Gasteiger partial charge < -0.3 is 10.4 Å². The number of carbonyl (C=O) groups is 2. The van der Waals surface area contributed by atoms with Gasteiger partial charge in [-0.2, -0.15) is 0 Å². The van der Waals surface area contributed by atoms with Gasteiger partial charge >= 0.3 is 5.97 Å². The van der Waals surface area contributed by atoms with Crippen LogP contribution in [0.4, 0.5) is 0 Å². The minimum Gasteiger partial charge on any atom is -0.481 e. The summed E-state index contributed by atoms with van der Waals surface area (Å²) in [7, 11) is 0. The molecule has 1 amide bonds. The van der Waals surface area contributed by atoms with Crippen LogP contribution in [0.15, 0.2) is 18.2 Å². The van der Waals surface area contributed by atoms with Gasteiger partial charge in [-0.15, -0.1) is 0 Å². The quantitative estimate of drug-likeness (QED) is 0.838. The van der Waals surface area contributed by atoms with Crippen LogP contribution in [0.2, 0.25) is 10.0 Å². The standard InChI is InChI=1S/C17H21Cl2NO3/c1-10(8-12-2-5-13(18)9-15(12)19)16(21)20-14-6-3-11(4-7-14)17(22)23/h2,5,9-11,14H,3-4,6-8H2,1H3,(H,20,21)(H,22,23). The summed E-state index contributed by atoms with van der Waals surface area (Å²) in [5.74, 6) is -1.23. The Hall–Kier alpha value is -1.26. The minimum atomic E-state index is -0.736. The highest BCUT2D eigenvalue weighted by molar-refractivity contribution is 6.35. The Balaban J connectivity index is 1.85. The van der Waals surface area contributed by atoms with Gasteiger partial charge in [0, 0.05) is 22.0 Å². The van der Waals surface area contributed by atoms with Crippen molar-refractivity contribution in [3.8, 4) is 0 Å². The number of amides is 1. The van der Waals surface area contributed by atoms with Crippen LogP contribution in [0.25, 0.3) is 0 Å². The van der Waals surface area contributed by atoms with Crippen molar-refractivity contribution in [1.82, 2.24) is 5.32 Å². The van der Waals surface area contributed by atoms with E-state index in [0.29, 0.717) is 29.3 Å². The molecule has 1 aliphatic rings. The van der Waals surface area contributed by atoms with E-state index in [0.717, 1.165) is 18.4 Å². The Morgan fingerprint density at radius 3 is 2.48 bits per heavy atom. The molecule has 1 aliphatic carbocycles. The lowest BCUT2D eigenvalue weighted by Gasteiger charge is -2.28. The van der Waals surface area contributed by atoms with E-state index in [2.05, 4.69) is 5.32 Å². The topological polar surface area (TPSA) is 66.4 Å². The number of nitrogens with one attached hydrogen (secondary N) is 1. The molecule has 126 valence electrons. The van der Waals surface area contributed by atoms with E-state index in [-0.39, 0.29) is 23.8 Å². The summed E-state index contributed by atoms with van der Waals surface area (Å²) >= 11 is 12.0. The van der Waals surface area contributed by atoms with Crippen LogP contribution >= 0.6 is 23.2 Å². The minimum absolute atomic E-state index is 0.0187. The second-order valence-corrected chi connectivity index (χ2v) is 7.08. The number of rotatable bonds is 5. The van der Waals surface area contributed by atoms with E-state index in [1.807, 2.05) is 13.0 Å². The first kappa shape index (κ1) is 18.1. The number of halogens is 2. The smallest absolute Gasteiger partial charge is 0.306 e. The Labute approximate surface area is 146 Å². The Morgan fingerprint density at radius 1 is 1.26 bits per heavy atom. The summed E-state index contributed by atoms with van der Waals surface area (Å²) < 4.78 is 0. The molecule has 1 aromatic rings. The number of aliphatic carboxylic acids is 1. The lowest BCUT2D eigenvalue weighted by atomic mass is 9.86. The van der Waals surface area contributed by atoms with Gasteiger partial charge in [-0.1, -0.05) is 36.2 Å². The van der Waals surface area contributed by atoms with Gasteiger partial charge in [0.25, 0.3) is 0 Å². The van der Waals surface area contributed by atoms with E-state index in [9.17, 15) is 9.59 Å². The molecule has 6 heteroatoms. The van der Waals surface area contributed by atoms with Crippen molar-refractivity contribution in [2.75, 3.05) is 0 Å². The highest BCUT2D eigenvalue weighted by Gasteiger charge is 2.27. The maximum atomic E-state index is 12.3. The predicted octanol–water partition coefficient (Wildman–Crippen LogP) is 3.93. The molecular formula is C17H21Cl2NO3. The number of carboxylic acid groups (broad SMARTS) is 1. The van der Waals surface area contributed by atoms with Crippen molar-refractivity contribution < 1.29 is 14.7 Å². The molecule has 0 bridgehead atoms. The van der Waals surface area contributed by atoms with Gasteiger partial charge in [-0.25, -0.2) is 0 Å². The summed E-state index contributed by atoms with van der Waals surface area (Å²) in [6, 6.07) is 5.35. The second-order valence-electron chi connectivity index (χ2n) is 6.24. The summed E-state index contributed by atoms with van der Waals surface area (Å²) in [6.45, 7) is 1.86. The Kier molecular flexibility index (Phi) is 6.31. The zero-order chi connectivity index (χ0) is 17.0. The monoisotopic (exact) mass is 357 g/mol. The molecule has 1 saturated carbocycles. The molecule has 2 N–H and O–H groups in total. The molecule has 1 fully saturated rings. The van der Waals surface area contributed by atoms with Crippen molar-refractivity contribution in [2.24, 2.45) is 11.8 Å². The molecule has 4 nitrogen and oxygen atoms in total. The molecule has 0 spiro atoms. The third-order valence-electron chi connectivity index (χ3n) is 4.41.